The highest BCUT2D eigenvalue weighted by Gasteiger charge is 2.43. The molecule has 4 aromatic carbocycles. The molecule has 0 aliphatic heterocycles. The Morgan fingerprint density at radius 1 is 0.407 bits per heavy atom. The monoisotopic (exact) mass is 690 g/mol. The number of allylic oxidation sites excluding steroid dienone is 4. The van der Waals surface area contributed by atoms with Crippen LogP contribution in [-0.4, -0.2) is 0 Å². The molecule has 0 heteroatoms. The van der Waals surface area contributed by atoms with Crippen molar-refractivity contribution in [1.82, 2.24) is 0 Å². The first-order valence-corrected chi connectivity index (χ1v) is 17.7. The summed E-state index contributed by atoms with van der Waals surface area (Å²) in [4.78, 5) is 0. The van der Waals surface area contributed by atoms with Crippen LogP contribution in [-0.2, 0) is 10.8 Å². The molecule has 0 fully saturated rings. The van der Waals surface area contributed by atoms with Gasteiger partial charge in [0.05, 0.1) is 11.8 Å². The fraction of sp³-hybridized carbons (Fsp3) is 0.185. The van der Waals surface area contributed by atoms with E-state index in [-0.39, 0.29) is 0 Å². The summed E-state index contributed by atoms with van der Waals surface area (Å²) in [7, 11) is 0. The average Bonchev–Trinajstić information content (AvgIpc) is 3.22. The van der Waals surface area contributed by atoms with Crippen LogP contribution < -0.4 is 0 Å². The van der Waals surface area contributed by atoms with Crippen molar-refractivity contribution >= 4 is 0 Å². The Kier molecular flexibility index (Phi) is 12.1. The van der Waals surface area contributed by atoms with E-state index in [1.807, 2.05) is 86.6 Å². The highest BCUT2D eigenvalue weighted by atomic mass is 14.4. The quantitative estimate of drug-likeness (QED) is 0.177. The first-order valence-electron chi connectivity index (χ1n) is 17.7. The van der Waals surface area contributed by atoms with Gasteiger partial charge in [-0.1, -0.05) is 162 Å². The molecule has 2 unspecified atom stereocenters. The minimum atomic E-state index is -0.664. The molecular weight excluding hydrogens is 649 g/mol. The molecule has 0 nitrogen and oxygen atoms in total. The largest absolute Gasteiger partial charge is 0.119 e. The normalized spacial score (nSPS) is 14.6. The van der Waals surface area contributed by atoms with E-state index in [2.05, 4.69) is 87.2 Å². The molecule has 0 saturated carbocycles. The first kappa shape index (κ1) is 39.6. The molecule has 0 N–H and O–H groups in total. The van der Waals surface area contributed by atoms with Crippen LogP contribution >= 0.6 is 0 Å². The lowest BCUT2D eigenvalue weighted by molar-refractivity contribution is 0.457. The van der Waals surface area contributed by atoms with Gasteiger partial charge in [-0.15, -0.1) is 51.4 Å². The molecule has 5 rings (SSSR count). The Balaban J connectivity index is 0.00000319. The molecule has 0 aromatic heterocycles. The number of rotatable bonds is 6. The summed E-state index contributed by atoms with van der Waals surface area (Å²) < 4.78 is 0. The van der Waals surface area contributed by atoms with Crippen LogP contribution in [0.25, 0.3) is 22.3 Å². The molecule has 0 radical (unpaired) electrons. The summed E-state index contributed by atoms with van der Waals surface area (Å²) in [5, 5.41) is 0. The number of hydrogen-bond donors (Lipinski definition) is 0. The summed E-state index contributed by atoms with van der Waals surface area (Å²) in [6.07, 6.45) is 53.3. The van der Waals surface area contributed by atoms with Crippen LogP contribution in [0.4, 0.5) is 0 Å². The zero-order valence-electron chi connectivity index (χ0n) is 31.9. The van der Waals surface area contributed by atoms with Gasteiger partial charge < -0.3 is 0 Å². The predicted molar refractivity (Wildman–Crippen MR) is 230 cm³/mol. The van der Waals surface area contributed by atoms with E-state index in [1.54, 1.807) is 0 Å². The molecule has 0 spiro atoms. The van der Waals surface area contributed by atoms with E-state index in [4.69, 9.17) is 51.4 Å². The Morgan fingerprint density at radius 2 is 0.741 bits per heavy atom. The highest BCUT2D eigenvalue weighted by Crippen LogP contribution is 2.50. The lowest BCUT2D eigenvalue weighted by Gasteiger charge is -2.42. The van der Waals surface area contributed by atoms with Crippen molar-refractivity contribution in [3.63, 3.8) is 0 Å². The fourth-order valence-electron chi connectivity index (χ4n) is 7.61. The van der Waals surface area contributed by atoms with Gasteiger partial charge in [-0.2, -0.15) is 0 Å². The van der Waals surface area contributed by atoms with Gasteiger partial charge in [0, 0.05) is 44.2 Å². The van der Waals surface area contributed by atoms with Gasteiger partial charge in [-0.25, -0.2) is 0 Å². The van der Waals surface area contributed by atoms with Crippen LogP contribution in [0.2, 0.25) is 0 Å². The molecule has 54 heavy (non-hydrogen) atoms. The molecule has 0 bridgehead atoms. The minimum Gasteiger partial charge on any atom is -0.119 e. The summed E-state index contributed by atoms with van der Waals surface area (Å²) in [5.74, 6) is 22.2. The van der Waals surface area contributed by atoms with Gasteiger partial charge >= 0.3 is 0 Å². The zero-order chi connectivity index (χ0) is 39.8. The summed E-state index contributed by atoms with van der Waals surface area (Å²) >= 11 is 0. The van der Waals surface area contributed by atoms with Crippen molar-refractivity contribution in [2.45, 2.75) is 52.4 Å². The summed E-state index contributed by atoms with van der Waals surface area (Å²) in [6, 6.07) is 23.3. The topological polar surface area (TPSA) is 0 Å². The third-order valence-corrected chi connectivity index (χ3v) is 10.3. The number of hydrogen-bond acceptors (Lipinski definition) is 0. The molecule has 0 heterocycles. The lowest BCUT2D eigenvalue weighted by Crippen LogP contribution is -2.36. The van der Waals surface area contributed by atoms with Gasteiger partial charge in [-0.3, -0.25) is 0 Å². The van der Waals surface area contributed by atoms with Gasteiger partial charge in [0.2, 0.25) is 0 Å². The van der Waals surface area contributed by atoms with Crippen molar-refractivity contribution in [2.75, 3.05) is 0 Å². The van der Waals surface area contributed by atoms with Crippen LogP contribution in [0.1, 0.15) is 86.1 Å². The van der Waals surface area contributed by atoms with Crippen molar-refractivity contribution in [3.05, 3.63) is 141 Å². The number of benzene rings is 4. The fourth-order valence-corrected chi connectivity index (χ4v) is 7.61. The lowest BCUT2D eigenvalue weighted by atomic mass is 9.60. The van der Waals surface area contributed by atoms with E-state index in [1.165, 1.54) is 0 Å². The van der Waals surface area contributed by atoms with Gasteiger partial charge in [-0.05, 0) is 56.7 Å². The van der Waals surface area contributed by atoms with E-state index in [0.29, 0.717) is 22.3 Å². The molecular formula is C54H42. The molecule has 258 valence electrons. The van der Waals surface area contributed by atoms with E-state index >= 15 is 0 Å². The second-order valence-corrected chi connectivity index (χ2v) is 13.6. The third kappa shape index (κ3) is 6.65. The summed E-state index contributed by atoms with van der Waals surface area (Å²) in [6.45, 7) is 12.4. The van der Waals surface area contributed by atoms with Crippen LogP contribution in [0.15, 0.2) is 96.1 Å². The standard InChI is InChI=1S/C52H36.C2H6/c1-13-35-25-21-23-27-43(35)45-29-31-47(39(17-5)37(45)15-3)51(9,10)49-33-34-50(42(20-8)41(49)19-7)52(11,12)48-32-30-46(38(16-4)40(48)18-6)44-28-24-22-26-36(44)14-2;1-2/h1-8,21-34,41-42H,9-12H3;1-2H3. The van der Waals surface area contributed by atoms with Gasteiger partial charge in [0.15, 0.2) is 0 Å². The molecule has 4 aromatic rings. The molecule has 0 amide bonds. The van der Waals surface area contributed by atoms with Crippen molar-refractivity contribution in [3.8, 4) is 121 Å². The Labute approximate surface area is 324 Å². The Morgan fingerprint density at radius 3 is 1.04 bits per heavy atom. The minimum absolute atomic E-state index is 0.468. The SMILES string of the molecule is C#Cc1ccccc1-c1ccc(C(C)(C)C2=CC=C(C(C)(C)c3ccc(-c4ccccc4C#C)c(C#C)c3C#C)C(C#C)C2C#C)c(C#C)c1C#C.CC. The van der Waals surface area contributed by atoms with Gasteiger partial charge in [0.1, 0.15) is 0 Å². The maximum Gasteiger partial charge on any atom is 0.0596 e. The second kappa shape index (κ2) is 16.5. The van der Waals surface area contributed by atoms with E-state index < -0.39 is 22.7 Å². The first-order chi connectivity index (χ1) is 26.0. The maximum absolute atomic E-state index is 6.37. The van der Waals surface area contributed by atoms with E-state index in [0.717, 1.165) is 55.7 Å². The van der Waals surface area contributed by atoms with Crippen molar-refractivity contribution < 1.29 is 0 Å². The molecule has 2 atom stereocenters. The zero-order valence-corrected chi connectivity index (χ0v) is 31.9. The number of terminal acetylenes is 8. The Hall–Kier alpha value is -7.16. The molecule has 1 aliphatic rings. The Bertz CT molecular complexity index is 2370. The third-order valence-electron chi connectivity index (χ3n) is 10.3. The average molecular weight is 691 g/mol. The van der Waals surface area contributed by atoms with Crippen molar-refractivity contribution in [1.29, 1.82) is 0 Å². The molecule has 1 aliphatic carbocycles. The van der Waals surface area contributed by atoms with Crippen LogP contribution in [0.5, 0.6) is 0 Å². The van der Waals surface area contributed by atoms with Gasteiger partial charge in [0.25, 0.3) is 0 Å². The smallest absolute Gasteiger partial charge is 0.0596 e. The molecule has 0 saturated heterocycles. The van der Waals surface area contributed by atoms with Crippen molar-refractivity contribution in [2.24, 2.45) is 11.8 Å². The predicted octanol–water partition coefficient (Wildman–Crippen LogP) is 10.6. The van der Waals surface area contributed by atoms with E-state index in [9.17, 15) is 0 Å². The summed E-state index contributed by atoms with van der Waals surface area (Å²) in [5.41, 5.74) is 9.39. The highest BCUT2D eigenvalue weighted by molar-refractivity contribution is 5.82. The second-order valence-electron chi connectivity index (χ2n) is 13.6. The maximum atomic E-state index is 6.37. The van der Waals surface area contributed by atoms with Crippen LogP contribution in [0.3, 0.4) is 0 Å². The van der Waals surface area contributed by atoms with Crippen LogP contribution in [0, 0.1) is 111 Å².